The standard InChI is InChI=1S/C10H9Cl2N3/c1-6-9(12)5-15(14-6)10-3-2-7(13)4-8(10)11/h2-5H,13H2,1H3. The summed E-state index contributed by atoms with van der Waals surface area (Å²) >= 11 is 12.0. The number of hydrogen-bond acceptors (Lipinski definition) is 2. The van der Waals surface area contributed by atoms with Crippen LogP contribution in [-0.4, -0.2) is 9.78 Å². The zero-order chi connectivity index (χ0) is 11.0. The third kappa shape index (κ3) is 1.94. The first kappa shape index (κ1) is 10.3. The molecule has 2 rings (SSSR count). The number of aromatic nitrogens is 2. The zero-order valence-corrected chi connectivity index (χ0v) is 9.55. The monoisotopic (exact) mass is 241 g/mol. The van der Waals surface area contributed by atoms with Gasteiger partial charge in [-0.1, -0.05) is 23.2 Å². The lowest BCUT2D eigenvalue weighted by molar-refractivity contribution is 0.863. The molecule has 1 heterocycles. The second kappa shape index (κ2) is 3.76. The van der Waals surface area contributed by atoms with E-state index in [0.717, 1.165) is 11.4 Å². The van der Waals surface area contributed by atoms with Crippen LogP contribution in [0.25, 0.3) is 5.69 Å². The number of nitrogen functional groups attached to an aromatic ring is 1. The summed E-state index contributed by atoms with van der Waals surface area (Å²) in [5, 5.41) is 5.39. The smallest absolute Gasteiger partial charge is 0.0833 e. The minimum absolute atomic E-state index is 0.550. The summed E-state index contributed by atoms with van der Waals surface area (Å²) in [6.07, 6.45) is 1.72. The third-order valence-corrected chi connectivity index (χ3v) is 2.73. The van der Waals surface area contributed by atoms with E-state index in [9.17, 15) is 0 Å². The minimum Gasteiger partial charge on any atom is -0.399 e. The van der Waals surface area contributed by atoms with Crippen LogP contribution in [0.5, 0.6) is 0 Å². The average molecular weight is 242 g/mol. The number of aryl methyl sites for hydroxylation is 1. The van der Waals surface area contributed by atoms with Crippen LogP contribution in [0.1, 0.15) is 5.69 Å². The largest absolute Gasteiger partial charge is 0.399 e. The van der Waals surface area contributed by atoms with E-state index in [-0.39, 0.29) is 0 Å². The van der Waals surface area contributed by atoms with Gasteiger partial charge in [-0.05, 0) is 25.1 Å². The molecule has 5 heteroatoms. The van der Waals surface area contributed by atoms with E-state index in [4.69, 9.17) is 28.9 Å². The molecule has 0 aliphatic heterocycles. The van der Waals surface area contributed by atoms with Gasteiger partial charge >= 0.3 is 0 Å². The summed E-state index contributed by atoms with van der Waals surface area (Å²) in [7, 11) is 0. The molecule has 0 saturated heterocycles. The predicted octanol–water partition coefficient (Wildman–Crippen LogP) is 3.07. The van der Waals surface area contributed by atoms with Crippen LogP contribution in [0.2, 0.25) is 10.0 Å². The van der Waals surface area contributed by atoms with Gasteiger partial charge in [0.05, 0.1) is 21.4 Å². The van der Waals surface area contributed by atoms with Gasteiger partial charge in [0.1, 0.15) is 0 Å². The summed E-state index contributed by atoms with van der Waals surface area (Å²) in [6.45, 7) is 1.84. The Morgan fingerprint density at radius 1 is 1.27 bits per heavy atom. The average Bonchev–Trinajstić information content (AvgIpc) is 2.46. The summed E-state index contributed by atoms with van der Waals surface area (Å²) in [6, 6.07) is 5.26. The topological polar surface area (TPSA) is 43.8 Å². The van der Waals surface area contributed by atoms with E-state index in [1.807, 2.05) is 6.92 Å². The SMILES string of the molecule is Cc1nn(-c2ccc(N)cc2Cl)cc1Cl. The molecule has 0 bridgehead atoms. The highest BCUT2D eigenvalue weighted by molar-refractivity contribution is 6.33. The quantitative estimate of drug-likeness (QED) is 0.781. The van der Waals surface area contributed by atoms with Crippen molar-refractivity contribution in [3.8, 4) is 5.69 Å². The zero-order valence-electron chi connectivity index (χ0n) is 8.04. The summed E-state index contributed by atoms with van der Waals surface area (Å²) in [4.78, 5) is 0. The van der Waals surface area contributed by atoms with Gasteiger partial charge in [0.15, 0.2) is 0 Å². The first-order valence-corrected chi connectivity index (χ1v) is 5.10. The molecule has 2 aromatic rings. The lowest BCUT2D eigenvalue weighted by Crippen LogP contribution is -1.96. The minimum atomic E-state index is 0.550. The Hall–Kier alpha value is -1.19. The molecular formula is C10H9Cl2N3. The Morgan fingerprint density at radius 3 is 2.53 bits per heavy atom. The number of nitrogens with two attached hydrogens (primary N) is 1. The van der Waals surface area contributed by atoms with Crippen molar-refractivity contribution in [3.63, 3.8) is 0 Å². The third-order valence-electron chi connectivity index (χ3n) is 2.06. The van der Waals surface area contributed by atoms with Crippen LogP contribution in [0.3, 0.4) is 0 Å². The normalized spacial score (nSPS) is 10.6. The summed E-state index contributed by atoms with van der Waals surface area (Å²) in [5.41, 5.74) is 7.76. The maximum atomic E-state index is 6.04. The molecule has 0 radical (unpaired) electrons. The van der Waals surface area contributed by atoms with Crippen molar-refractivity contribution < 1.29 is 0 Å². The fraction of sp³-hybridized carbons (Fsp3) is 0.100. The first-order chi connectivity index (χ1) is 7.08. The van der Waals surface area contributed by atoms with Crippen LogP contribution in [0.4, 0.5) is 5.69 Å². The van der Waals surface area contributed by atoms with Crippen LogP contribution < -0.4 is 5.73 Å². The molecule has 0 unspecified atom stereocenters. The van der Waals surface area contributed by atoms with Crippen molar-refractivity contribution >= 4 is 28.9 Å². The molecule has 78 valence electrons. The van der Waals surface area contributed by atoms with Gasteiger partial charge in [-0.2, -0.15) is 5.10 Å². The highest BCUT2D eigenvalue weighted by Crippen LogP contribution is 2.24. The van der Waals surface area contributed by atoms with Crippen molar-refractivity contribution in [1.29, 1.82) is 0 Å². The van der Waals surface area contributed by atoms with Gasteiger partial charge in [-0.25, -0.2) is 4.68 Å². The van der Waals surface area contributed by atoms with Crippen molar-refractivity contribution in [2.45, 2.75) is 6.92 Å². The molecule has 0 saturated carbocycles. The number of anilines is 1. The Balaban J connectivity index is 2.54. The molecule has 0 spiro atoms. The van der Waals surface area contributed by atoms with E-state index in [1.165, 1.54) is 0 Å². The number of rotatable bonds is 1. The molecule has 1 aromatic carbocycles. The van der Waals surface area contributed by atoms with Gasteiger partial charge < -0.3 is 5.73 Å². The Bertz CT molecular complexity index is 486. The number of hydrogen-bond donors (Lipinski definition) is 1. The fourth-order valence-corrected chi connectivity index (χ4v) is 1.68. The van der Waals surface area contributed by atoms with E-state index in [2.05, 4.69) is 5.10 Å². The maximum Gasteiger partial charge on any atom is 0.0833 e. The van der Waals surface area contributed by atoms with Gasteiger partial charge in [0.25, 0.3) is 0 Å². The Morgan fingerprint density at radius 2 is 2.00 bits per heavy atom. The maximum absolute atomic E-state index is 6.04. The molecule has 1 aromatic heterocycles. The first-order valence-electron chi connectivity index (χ1n) is 4.35. The van der Waals surface area contributed by atoms with E-state index < -0.39 is 0 Å². The number of benzene rings is 1. The van der Waals surface area contributed by atoms with Crippen LogP contribution in [0.15, 0.2) is 24.4 Å². The number of halogens is 2. The molecule has 0 fully saturated rings. The van der Waals surface area contributed by atoms with Crippen LogP contribution in [-0.2, 0) is 0 Å². The fourth-order valence-electron chi connectivity index (χ4n) is 1.27. The molecule has 3 nitrogen and oxygen atoms in total. The highest BCUT2D eigenvalue weighted by Gasteiger charge is 2.07. The van der Waals surface area contributed by atoms with Gasteiger partial charge in [-0.3, -0.25) is 0 Å². The van der Waals surface area contributed by atoms with E-state index in [1.54, 1.807) is 29.1 Å². The Kier molecular flexibility index (Phi) is 2.59. The molecular weight excluding hydrogens is 233 g/mol. The lowest BCUT2D eigenvalue weighted by atomic mass is 10.3. The molecule has 0 aliphatic carbocycles. The van der Waals surface area contributed by atoms with Crippen LogP contribution >= 0.6 is 23.2 Å². The second-order valence-corrected chi connectivity index (χ2v) is 4.03. The van der Waals surface area contributed by atoms with E-state index in [0.29, 0.717) is 15.7 Å². The molecule has 0 atom stereocenters. The van der Waals surface area contributed by atoms with Crippen molar-refractivity contribution in [2.75, 3.05) is 5.73 Å². The molecule has 0 aliphatic rings. The second-order valence-electron chi connectivity index (χ2n) is 3.22. The van der Waals surface area contributed by atoms with Gasteiger partial charge in [0, 0.05) is 11.9 Å². The van der Waals surface area contributed by atoms with Crippen molar-refractivity contribution in [3.05, 3.63) is 40.1 Å². The Labute approximate surface area is 97.4 Å². The lowest BCUT2D eigenvalue weighted by Gasteiger charge is -2.04. The number of nitrogens with zero attached hydrogens (tertiary/aromatic N) is 2. The molecule has 2 N–H and O–H groups in total. The summed E-state index contributed by atoms with van der Waals surface area (Å²) in [5.74, 6) is 0. The molecule has 15 heavy (non-hydrogen) atoms. The van der Waals surface area contributed by atoms with Crippen molar-refractivity contribution in [1.82, 2.24) is 9.78 Å². The van der Waals surface area contributed by atoms with Gasteiger partial charge in [-0.15, -0.1) is 0 Å². The van der Waals surface area contributed by atoms with Crippen LogP contribution in [0, 0.1) is 6.92 Å². The summed E-state index contributed by atoms with van der Waals surface area (Å²) < 4.78 is 1.64. The van der Waals surface area contributed by atoms with Gasteiger partial charge in [0.2, 0.25) is 0 Å². The molecule has 0 amide bonds. The van der Waals surface area contributed by atoms with E-state index >= 15 is 0 Å². The predicted molar refractivity (Wildman–Crippen MR) is 62.7 cm³/mol. The highest BCUT2D eigenvalue weighted by atomic mass is 35.5. The van der Waals surface area contributed by atoms with Crippen molar-refractivity contribution in [2.24, 2.45) is 0 Å².